The van der Waals surface area contributed by atoms with Gasteiger partial charge >= 0.3 is 0 Å². The molecule has 0 spiro atoms. The van der Waals surface area contributed by atoms with E-state index >= 15 is 0 Å². The van der Waals surface area contributed by atoms with Gasteiger partial charge in [0, 0.05) is 45.4 Å². The van der Waals surface area contributed by atoms with Crippen molar-refractivity contribution in [2.24, 2.45) is 0 Å². The maximum absolute atomic E-state index is 12.9. The molecule has 24 heavy (non-hydrogen) atoms. The van der Waals surface area contributed by atoms with Crippen molar-refractivity contribution in [2.75, 3.05) is 40.0 Å². The Balaban J connectivity index is 1.82. The monoisotopic (exact) mass is 338 g/mol. The third-order valence-electron chi connectivity index (χ3n) is 4.39. The van der Waals surface area contributed by atoms with E-state index in [-0.39, 0.29) is 18.3 Å². The minimum absolute atomic E-state index is 0.0191. The smallest absolute Gasteiger partial charge is 0.260 e. The van der Waals surface area contributed by atoms with Gasteiger partial charge in [0.05, 0.1) is 0 Å². The maximum Gasteiger partial charge on any atom is 0.260 e. The number of ether oxygens (including phenoxy) is 2. The summed E-state index contributed by atoms with van der Waals surface area (Å²) >= 11 is 0. The van der Waals surface area contributed by atoms with Crippen molar-refractivity contribution in [1.82, 2.24) is 9.80 Å². The van der Waals surface area contributed by atoms with Crippen LogP contribution in [0, 0.1) is 5.82 Å². The van der Waals surface area contributed by atoms with Crippen molar-refractivity contribution < 1.29 is 18.7 Å². The van der Waals surface area contributed by atoms with Crippen LogP contribution in [-0.4, -0.2) is 67.7 Å². The molecule has 0 bridgehead atoms. The van der Waals surface area contributed by atoms with Crippen LogP contribution in [0.25, 0.3) is 0 Å². The second kappa shape index (κ2) is 8.99. The third kappa shape index (κ3) is 5.18. The zero-order valence-corrected chi connectivity index (χ0v) is 14.7. The Morgan fingerprint density at radius 2 is 1.83 bits per heavy atom. The van der Waals surface area contributed by atoms with Gasteiger partial charge in [0.2, 0.25) is 0 Å². The minimum Gasteiger partial charge on any atom is -0.484 e. The molecule has 1 saturated heterocycles. The highest BCUT2D eigenvalue weighted by Gasteiger charge is 2.31. The summed E-state index contributed by atoms with van der Waals surface area (Å²) in [6.07, 6.45) is 0.993. The van der Waals surface area contributed by atoms with Crippen LogP contribution in [0.4, 0.5) is 4.39 Å². The number of nitrogens with zero attached hydrogens (tertiary/aromatic N) is 2. The van der Waals surface area contributed by atoms with Gasteiger partial charge in [0.25, 0.3) is 5.91 Å². The first-order chi connectivity index (χ1) is 11.5. The van der Waals surface area contributed by atoms with Gasteiger partial charge in [-0.3, -0.25) is 9.69 Å². The molecule has 2 rings (SSSR count). The summed E-state index contributed by atoms with van der Waals surface area (Å²) in [4.78, 5) is 16.7. The number of carbonyl (C=O) groups excluding carboxylic acids is 1. The van der Waals surface area contributed by atoms with Crippen LogP contribution >= 0.6 is 0 Å². The number of rotatable bonds is 7. The Hall–Kier alpha value is -1.66. The highest BCUT2D eigenvalue weighted by atomic mass is 19.1. The average Bonchev–Trinajstić information content (AvgIpc) is 2.56. The van der Waals surface area contributed by atoms with E-state index in [9.17, 15) is 9.18 Å². The fourth-order valence-corrected chi connectivity index (χ4v) is 3.16. The zero-order chi connectivity index (χ0) is 17.5. The normalized spacial score (nSPS) is 21.8. The lowest BCUT2D eigenvalue weighted by Crippen LogP contribution is -2.58. The van der Waals surface area contributed by atoms with Crippen LogP contribution in [0.2, 0.25) is 0 Å². The first kappa shape index (κ1) is 18.7. The molecule has 1 aliphatic rings. The molecule has 1 aliphatic heterocycles. The first-order valence-electron chi connectivity index (χ1n) is 8.42. The fraction of sp³-hybridized carbons (Fsp3) is 0.611. The van der Waals surface area contributed by atoms with Crippen LogP contribution < -0.4 is 4.74 Å². The number of benzene rings is 1. The topological polar surface area (TPSA) is 42.0 Å². The van der Waals surface area contributed by atoms with Crippen LogP contribution in [0.15, 0.2) is 24.3 Å². The minimum atomic E-state index is -0.319. The van der Waals surface area contributed by atoms with Crippen molar-refractivity contribution in [3.63, 3.8) is 0 Å². The molecule has 1 aromatic rings. The summed E-state index contributed by atoms with van der Waals surface area (Å²) in [7, 11) is 1.71. The lowest BCUT2D eigenvalue weighted by Gasteiger charge is -2.44. The lowest BCUT2D eigenvalue weighted by molar-refractivity contribution is -0.137. The Kier molecular flexibility index (Phi) is 6.99. The number of carbonyl (C=O) groups is 1. The molecule has 0 aromatic heterocycles. The lowest BCUT2D eigenvalue weighted by atomic mass is 10.1. The highest BCUT2D eigenvalue weighted by molar-refractivity contribution is 5.78. The number of hydrogen-bond donors (Lipinski definition) is 0. The molecule has 2 unspecified atom stereocenters. The van der Waals surface area contributed by atoms with E-state index in [1.807, 2.05) is 4.90 Å². The van der Waals surface area contributed by atoms with E-state index in [4.69, 9.17) is 9.47 Å². The predicted molar refractivity (Wildman–Crippen MR) is 90.6 cm³/mol. The Morgan fingerprint density at radius 1 is 1.21 bits per heavy atom. The van der Waals surface area contributed by atoms with Crippen LogP contribution in [0.1, 0.15) is 20.3 Å². The van der Waals surface area contributed by atoms with Gasteiger partial charge in [-0.15, -0.1) is 0 Å². The number of methoxy groups -OCH3 is 1. The van der Waals surface area contributed by atoms with E-state index in [2.05, 4.69) is 18.7 Å². The Bertz CT molecular complexity index is 512. The van der Waals surface area contributed by atoms with Gasteiger partial charge in [-0.25, -0.2) is 4.39 Å². The van der Waals surface area contributed by atoms with Crippen molar-refractivity contribution in [3.8, 4) is 5.75 Å². The molecule has 1 heterocycles. The van der Waals surface area contributed by atoms with Crippen LogP contribution in [0.5, 0.6) is 5.75 Å². The molecule has 134 valence electrons. The standard InChI is InChI=1S/C18H27FN2O3/c1-14-11-20(12-15(2)21(14)9-4-10-23-3)18(22)13-24-17-7-5-16(19)6-8-17/h5-8,14-15H,4,9-13H2,1-3H3. The molecule has 1 amide bonds. The highest BCUT2D eigenvalue weighted by Crippen LogP contribution is 2.17. The predicted octanol–water partition coefficient (Wildman–Crippen LogP) is 2.16. The van der Waals surface area contributed by atoms with Crippen LogP contribution in [0.3, 0.4) is 0 Å². The summed E-state index contributed by atoms with van der Waals surface area (Å²) in [5.74, 6) is 0.152. The van der Waals surface area contributed by atoms with Gasteiger partial charge in [-0.05, 0) is 44.5 Å². The number of hydrogen-bond acceptors (Lipinski definition) is 4. The molecule has 0 radical (unpaired) electrons. The van der Waals surface area contributed by atoms with E-state index in [0.717, 1.165) is 19.6 Å². The summed E-state index contributed by atoms with van der Waals surface area (Å²) < 4.78 is 23.4. The Labute approximate surface area is 143 Å². The summed E-state index contributed by atoms with van der Waals surface area (Å²) in [5, 5.41) is 0. The number of amides is 1. The second-order valence-electron chi connectivity index (χ2n) is 6.32. The SMILES string of the molecule is COCCCN1C(C)CN(C(=O)COc2ccc(F)cc2)CC1C. The van der Waals surface area contributed by atoms with Crippen molar-refractivity contribution >= 4 is 5.91 Å². The number of halogens is 1. The summed E-state index contributed by atoms with van der Waals surface area (Å²) in [5.41, 5.74) is 0. The van der Waals surface area contributed by atoms with Crippen molar-refractivity contribution in [2.45, 2.75) is 32.4 Å². The molecule has 0 aliphatic carbocycles. The van der Waals surface area contributed by atoms with Gasteiger partial charge in [0.15, 0.2) is 6.61 Å². The van der Waals surface area contributed by atoms with Crippen LogP contribution in [-0.2, 0) is 9.53 Å². The van der Waals surface area contributed by atoms with Crippen molar-refractivity contribution in [1.29, 1.82) is 0 Å². The largest absolute Gasteiger partial charge is 0.484 e. The van der Waals surface area contributed by atoms with E-state index in [0.29, 0.717) is 30.9 Å². The fourth-order valence-electron chi connectivity index (χ4n) is 3.16. The van der Waals surface area contributed by atoms with E-state index in [1.54, 1.807) is 7.11 Å². The molecule has 0 saturated carbocycles. The van der Waals surface area contributed by atoms with Gasteiger partial charge < -0.3 is 14.4 Å². The molecule has 1 fully saturated rings. The Morgan fingerprint density at radius 3 is 2.42 bits per heavy atom. The van der Waals surface area contributed by atoms with Gasteiger partial charge in [-0.2, -0.15) is 0 Å². The molecule has 0 N–H and O–H groups in total. The van der Waals surface area contributed by atoms with E-state index in [1.165, 1.54) is 24.3 Å². The molecule has 2 atom stereocenters. The molecular formula is C18H27FN2O3. The van der Waals surface area contributed by atoms with Gasteiger partial charge in [0.1, 0.15) is 11.6 Å². The molecule has 5 nitrogen and oxygen atoms in total. The summed E-state index contributed by atoms with van der Waals surface area (Å²) in [6, 6.07) is 6.31. The third-order valence-corrected chi connectivity index (χ3v) is 4.39. The number of piperazine rings is 1. The van der Waals surface area contributed by atoms with Crippen molar-refractivity contribution in [3.05, 3.63) is 30.1 Å². The second-order valence-corrected chi connectivity index (χ2v) is 6.32. The quantitative estimate of drug-likeness (QED) is 0.715. The zero-order valence-electron chi connectivity index (χ0n) is 14.7. The van der Waals surface area contributed by atoms with Gasteiger partial charge in [-0.1, -0.05) is 0 Å². The molecule has 6 heteroatoms. The summed E-state index contributed by atoms with van der Waals surface area (Å²) in [6.45, 7) is 7.39. The first-order valence-corrected chi connectivity index (χ1v) is 8.42. The maximum atomic E-state index is 12.9. The molecule has 1 aromatic carbocycles. The average molecular weight is 338 g/mol. The van der Waals surface area contributed by atoms with E-state index < -0.39 is 0 Å². The molecular weight excluding hydrogens is 311 g/mol.